The molecule has 2 aliphatic heterocycles. The van der Waals surface area contributed by atoms with Crippen LogP contribution in [-0.4, -0.2) is 62.0 Å². The lowest BCUT2D eigenvalue weighted by molar-refractivity contribution is -0.130. The number of carbonyl (C=O) groups excluding carboxylic acids is 3. The largest absolute Gasteiger partial charge is 0.486 e. The molecule has 0 saturated carbocycles. The second-order valence-electron chi connectivity index (χ2n) is 7.65. The average Bonchev–Trinajstić information content (AvgIpc) is 3.23. The number of nitrogens with zero attached hydrogens (tertiary/aromatic N) is 2. The summed E-state index contributed by atoms with van der Waals surface area (Å²) >= 11 is 0. The van der Waals surface area contributed by atoms with E-state index in [2.05, 4.69) is 5.32 Å². The van der Waals surface area contributed by atoms with Gasteiger partial charge in [-0.25, -0.2) is 0 Å². The minimum Gasteiger partial charge on any atom is -0.486 e. The fraction of sp³-hybridized carbons (Fsp3) is 0.348. The normalized spacial score (nSPS) is 17.4. The zero-order valence-electron chi connectivity index (χ0n) is 17.4. The van der Waals surface area contributed by atoms with E-state index in [1.54, 1.807) is 36.2 Å². The summed E-state index contributed by atoms with van der Waals surface area (Å²) in [5, 5.41) is 2.65. The Hall–Kier alpha value is -3.55. The Kier molecular flexibility index (Phi) is 6.06. The first-order valence-corrected chi connectivity index (χ1v) is 10.3. The van der Waals surface area contributed by atoms with Gasteiger partial charge in [-0.1, -0.05) is 12.1 Å². The molecule has 0 aromatic heterocycles. The number of anilines is 1. The van der Waals surface area contributed by atoms with E-state index >= 15 is 0 Å². The van der Waals surface area contributed by atoms with E-state index in [0.717, 1.165) is 12.1 Å². The summed E-state index contributed by atoms with van der Waals surface area (Å²) in [6.07, 6.45) is 1.13. The highest BCUT2D eigenvalue weighted by Gasteiger charge is 2.24. The molecule has 1 saturated heterocycles. The highest BCUT2D eigenvalue weighted by atomic mass is 16.6. The van der Waals surface area contributed by atoms with Gasteiger partial charge in [-0.05, 0) is 42.8 Å². The number of ether oxygens (including phenoxy) is 2. The lowest BCUT2D eigenvalue weighted by atomic mass is 10.2. The van der Waals surface area contributed by atoms with Crippen molar-refractivity contribution in [2.45, 2.75) is 18.9 Å². The highest BCUT2D eigenvalue weighted by Crippen LogP contribution is 2.31. The van der Waals surface area contributed by atoms with Crippen LogP contribution in [0.2, 0.25) is 0 Å². The first-order chi connectivity index (χ1) is 15.0. The van der Waals surface area contributed by atoms with Gasteiger partial charge in [0.25, 0.3) is 5.91 Å². The van der Waals surface area contributed by atoms with Crippen molar-refractivity contribution in [2.75, 3.05) is 38.2 Å². The number of likely N-dealkylation sites (N-methyl/N-ethyl adjacent to an activating group) is 1. The van der Waals surface area contributed by atoms with Crippen molar-refractivity contribution in [1.29, 1.82) is 0 Å². The minimum absolute atomic E-state index is 0.0988. The third-order valence-electron chi connectivity index (χ3n) is 5.39. The summed E-state index contributed by atoms with van der Waals surface area (Å²) < 4.78 is 11.5. The van der Waals surface area contributed by atoms with Crippen LogP contribution in [0.1, 0.15) is 23.2 Å². The lowest BCUT2D eigenvalue weighted by Crippen LogP contribution is -2.45. The number of benzene rings is 2. The number of para-hydroxylation sites is 2. The van der Waals surface area contributed by atoms with Crippen molar-refractivity contribution >= 4 is 23.4 Å². The maximum atomic E-state index is 12.4. The number of fused-ring (bicyclic) bond motifs is 1. The summed E-state index contributed by atoms with van der Waals surface area (Å²) in [6, 6.07) is 14.2. The molecule has 2 heterocycles. The molecule has 1 atom stereocenters. The number of hydrogen-bond donors (Lipinski definition) is 1. The van der Waals surface area contributed by atoms with E-state index in [4.69, 9.17) is 9.47 Å². The molecule has 8 heteroatoms. The van der Waals surface area contributed by atoms with Gasteiger partial charge < -0.3 is 24.6 Å². The maximum absolute atomic E-state index is 12.4. The van der Waals surface area contributed by atoms with Crippen LogP contribution in [0, 0.1) is 0 Å². The van der Waals surface area contributed by atoms with Crippen molar-refractivity contribution in [3.05, 3.63) is 54.1 Å². The van der Waals surface area contributed by atoms with Crippen molar-refractivity contribution in [1.82, 2.24) is 10.2 Å². The molecule has 8 nitrogen and oxygen atoms in total. The average molecular weight is 423 g/mol. The molecule has 0 aliphatic carbocycles. The first kappa shape index (κ1) is 20.7. The SMILES string of the molecule is CN(CC1COc2ccccc2O1)C(=O)CNC(=O)c1ccc(N2CCCC2=O)cc1. The number of nitrogens with one attached hydrogen (secondary N) is 1. The molecule has 2 aromatic rings. The van der Waals surface area contributed by atoms with E-state index < -0.39 is 0 Å². The first-order valence-electron chi connectivity index (χ1n) is 10.3. The molecule has 4 rings (SSSR count). The number of carbonyl (C=O) groups is 3. The Morgan fingerprint density at radius 3 is 2.58 bits per heavy atom. The summed E-state index contributed by atoms with van der Waals surface area (Å²) in [5.41, 5.74) is 1.22. The van der Waals surface area contributed by atoms with Gasteiger partial charge in [0.15, 0.2) is 17.6 Å². The summed E-state index contributed by atoms with van der Waals surface area (Å²) in [5.74, 6) is 0.885. The fourth-order valence-electron chi connectivity index (χ4n) is 3.67. The number of amides is 3. The van der Waals surface area contributed by atoms with Crippen LogP contribution < -0.4 is 19.7 Å². The molecule has 2 aliphatic rings. The van der Waals surface area contributed by atoms with Crippen LogP contribution in [0.4, 0.5) is 5.69 Å². The Morgan fingerprint density at radius 1 is 1.13 bits per heavy atom. The molecule has 1 unspecified atom stereocenters. The van der Waals surface area contributed by atoms with Gasteiger partial charge in [0.2, 0.25) is 11.8 Å². The minimum atomic E-state index is -0.341. The van der Waals surface area contributed by atoms with Gasteiger partial charge in [-0.3, -0.25) is 14.4 Å². The summed E-state index contributed by atoms with van der Waals surface area (Å²) in [4.78, 5) is 39.9. The molecular formula is C23H25N3O5. The molecule has 1 N–H and O–H groups in total. The smallest absolute Gasteiger partial charge is 0.251 e. The Bertz CT molecular complexity index is 975. The standard InChI is InChI=1S/C23H25N3O5/c1-25(14-18-15-30-19-5-2-3-6-20(19)31-18)22(28)13-24-23(29)16-8-10-17(11-9-16)26-12-4-7-21(26)27/h2-3,5-6,8-11,18H,4,7,12-15H2,1H3,(H,24,29). The van der Waals surface area contributed by atoms with Crippen molar-refractivity contribution in [3.63, 3.8) is 0 Å². The summed E-state index contributed by atoms with van der Waals surface area (Å²) in [7, 11) is 1.67. The second kappa shape index (κ2) is 9.07. The third kappa shape index (κ3) is 4.79. The van der Waals surface area contributed by atoms with Gasteiger partial charge >= 0.3 is 0 Å². The molecule has 3 amide bonds. The van der Waals surface area contributed by atoms with Crippen molar-refractivity contribution in [2.24, 2.45) is 0 Å². The van der Waals surface area contributed by atoms with Crippen molar-refractivity contribution < 1.29 is 23.9 Å². The van der Waals surface area contributed by atoms with E-state index in [1.165, 1.54) is 4.90 Å². The second-order valence-corrected chi connectivity index (χ2v) is 7.65. The topological polar surface area (TPSA) is 88.2 Å². The molecule has 0 bridgehead atoms. The molecule has 31 heavy (non-hydrogen) atoms. The zero-order chi connectivity index (χ0) is 21.8. The van der Waals surface area contributed by atoms with Crippen LogP contribution >= 0.6 is 0 Å². The van der Waals surface area contributed by atoms with Crippen LogP contribution in [0.3, 0.4) is 0 Å². The van der Waals surface area contributed by atoms with Gasteiger partial charge in [0.05, 0.1) is 13.1 Å². The molecular weight excluding hydrogens is 398 g/mol. The van der Waals surface area contributed by atoms with Gasteiger partial charge in [0.1, 0.15) is 6.61 Å². The number of hydrogen-bond acceptors (Lipinski definition) is 5. The van der Waals surface area contributed by atoms with Crippen LogP contribution in [0.25, 0.3) is 0 Å². The van der Waals surface area contributed by atoms with E-state index in [9.17, 15) is 14.4 Å². The lowest BCUT2D eigenvalue weighted by Gasteiger charge is -2.29. The van der Waals surface area contributed by atoms with Crippen LogP contribution in [0.5, 0.6) is 11.5 Å². The Balaban J connectivity index is 1.25. The van der Waals surface area contributed by atoms with Gasteiger partial charge in [0, 0.05) is 31.3 Å². The van der Waals surface area contributed by atoms with E-state index in [0.29, 0.717) is 43.2 Å². The number of rotatable bonds is 6. The highest BCUT2D eigenvalue weighted by molar-refractivity contribution is 5.98. The zero-order valence-corrected chi connectivity index (χ0v) is 17.4. The molecule has 1 fully saturated rings. The Labute approximate surface area is 180 Å². The van der Waals surface area contributed by atoms with Crippen molar-refractivity contribution in [3.8, 4) is 11.5 Å². The molecule has 2 aromatic carbocycles. The van der Waals surface area contributed by atoms with Gasteiger partial charge in [-0.2, -0.15) is 0 Å². The Morgan fingerprint density at radius 2 is 1.87 bits per heavy atom. The fourth-order valence-corrected chi connectivity index (χ4v) is 3.67. The van der Waals surface area contributed by atoms with Crippen LogP contribution in [-0.2, 0) is 9.59 Å². The third-order valence-corrected chi connectivity index (χ3v) is 5.39. The monoisotopic (exact) mass is 423 g/mol. The van der Waals surface area contributed by atoms with Crippen LogP contribution in [0.15, 0.2) is 48.5 Å². The summed E-state index contributed by atoms with van der Waals surface area (Å²) in [6.45, 7) is 1.28. The van der Waals surface area contributed by atoms with E-state index in [1.807, 2.05) is 24.3 Å². The predicted molar refractivity (Wildman–Crippen MR) is 114 cm³/mol. The van der Waals surface area contributed by atoms with Gasteiger partial charge in [-0.15, -0.1) is 0 Å². The molecule has 0 radical (unpaired) electrons. The quantitative estimate of drug-likeness (QED) is 0.766. The maximum Gasteiger partial charge on any atom is 0.251 e. The van der Waals surface area contributed by atoms with E-state index in [-0.39, 0.29) is 30.4 Å². The molecule has 162 valence electrons. The predicted octanol–water partition coefficient (Wildman–Crippen LogP) is 1.84. The molecule has 0 spiro atoms.